The molecule has 0 spiro atoms. The lowest BCUT2D eigenvalue weighted by atomic mass is 10.0. The fraction of sp³-hybridized carbons (Fsp3) is 0.643. The first-order valence-corrected chi connectivity index (χ1v) is 6.96. The Morgan fingerprint density at radius 2 is 2.00 bits per heavy atom. The predicted octanol–water partition coefficient (Wildman–Crippen LogP) is 3.46. The first kappa shape index (κ1) is 13.6. The number of aromatic nitrogens is 1. The van der Waals surface area contributed by atoms with Crippen molar-refractivity contribution in [2.45, 2.75) is 57.8 Å². The van der Waals surface area contributed by atoms with Gasteiger partial charge in [-0.15, -0.1) is 11.6 Å². The third-order valence-electron chi connectivity index (χ3n) is 3.26. The number of alkyl halides is 1. The van der Waals surface area contributed by atoms with Crippen LogP contribution >= 0.6 is 11.6 Å². The molecule has 0 aliphatic carbocycles. The predicted molar refractivity (Wildman–Crippen MR) is 72.2 cm³/mol. The Morgan fingerprint density at radius 3 is 2.56 bits per heavy atom. The van der Waals surface area contributed by atoms with Gasteiger partial charge in [0.05, 0.1) is 12.2 Å². The normalized spacial score (nSPS) is 28.1. The van der Waals surface area contributed by atoms with Gasteiger partial charge in [-0.25, -0.2) is 4.98 Å². The molecule has 0 saturated carbocycles. The summed E-state index contributed by atoms with van der Waals surface area (Å²) in [7, 11) is 0. The third-order valence-corrected chi connectivity index (χ3v) is 3.54. The van der Waals surface area contributed by atoms with Gasteiger partial charge in [0.25, 0.3) is 0 Å². The highest BCUT2D eigenvalue weighted by Gasteiger charge is 2.26. The Kier molecular flexibility index (Phi) is 4.46. The van der Waals surface area contributed by atoms with E-state index in [9.17, 15) is 0 Å². The molecule has 2 atom stereocenters. The average molecular weight is 270 g/mol. The monoisotopic (exact) mass is 269 g/mol. The second-order valence-corrected chi connectivity index (χ2v) is 5.26. The Labute approximate surface area is 113 Å². The number of ether oxygens (including phenoxy) is 2. The van der Waals surface area contributed by atoms with Crippen LogP contribution in [0.1, 0.15) is 37.9 Å². The first-order chi connectivity index (χ1) is 8.58. The number of pyridine rings is 1. The molecule has 18 heavy (non-hydrogen) atoms. The minimum Gasteiger partial charge on any atom is -0.474 e. The average Bonchev–Trinajstić information content (AvgIpc) is 2.27. The lowest BCUT2D eigenvalue weighted by Gasteiger charge is -2.32. The molecule has 3 nitrogen and oxygen atoms in total. The van der Waals surface area contributed by atoms with E-state index in [4.69, 9.17) is 21.1 Å². The second kappa shape index (κ2) is 5.89. The van der Waals surface area contributed by atoms with Gasteiger partial charge in [-0.2, -0.15) is 0 Å². The molecule has 2 rings (SSSR count). The van der Waals surface area contributed by atoms with Crippen molar-refractivity contribution in [1.29, 1.82) is 0 Å². The largest absolute Gasteiger partial charge is 0.474 e. The van der Waals surface area contributed by atoms with Gasteiger partial charge in [0.2, 0.25) is 5.88 Å². The van der Waals surface area contributed by atoms with Gasteiger partial charge in [0, 0.05) is 30.5 Å². The molecule has 0 N–H and O–H groups in total. The van der Waals surface area contributed by atoms with E-state index in [0.717, 1.165) is 24.1 Å². The molecule has 1 aromatic rings. The Morgan fingerprint density at radius 1 is 1.33 bits per heavy atom. The van der Waals surface area contributed by atoms with Crippen LogP contribution in [0, 0.1) is 6.92 Å². The van der Waals surface area contributed by atoms with Crippen LogP contribution in [0.4, 0.5) is 0 Å². The molecule has 0 radical (unpaired) electrons. The van der Waals surface area contributed by atoms with Crippen molar-refractivity contribution in [3.8, 4) is 5.88 Å². The van der Waals surface area contributed by atoms with Crippen molar-refractivity contribution in [3.05, 3.63) is 23.4 Å². The van der Waals surface area contributed by atoms with Crippen molar-refractivity contribution in [3.63, 3.8) is 0 Å². The van der Waals surface area contributed by atoms with Gasteiger partial charge in [-0.3, -0.25) is 0 Å². The van der Waals surface area contributed by atoms with Gasteiger partial charge < -0.3 is 9.47 Å². The number of aryl methyl sites for hydroxylation is 1. The van der Waals surface area contributed by atoms with Crippen molar-refractivity contribution in [2.75, 3.05) is 0 Å². The summed E-state index contributed by atoms with van der Waals surface area (Å²) < 4.78 is 11.6. The van der Waals surface area contributed by atoms with Gasteiger partial charge >= 0.3 is 0 Å². The van der Waals surface area contributed by atoms with Crippen LogP contribution in [0.3, 0.4) is 0 Å². The summed E-state index contributed by atoms with van der Waals surface area (Å²) >= 11 is 5.82. The molecule has 1 fully saturated rings. The Hall–Kier alpha value is -0.800. The Balaban J connectivity index is 2.02. The van der Waals surface area contributed by atoms with E-state index in [2.05, 4.69) is 18.8 Å². The summed E-state index contributed by atoms with van der Waals surface area (Å²) in [6.07, 6.45) is 2.53. The van der Waals surface area contributed by atoms with Crippen molar-refractivity contribution >= 4 is 11.6 Å². The minimum atomic E-state index is 0.192. The van der Waals surface area contributed by atoms with Crippen molar-refractivity contribution < 1.29 is 9.47 Å². The zero-order valence-electron chi connectivity index (χ0n) is 11.1. The number of hydrogen-bond donors (Lipinski definition) is 0. The number of nitrogens with zero attached hydrogens (tertiary/aromatic N) is 1. The summed E-state index contributed by atoms with van der Waals surface area (Å²) in [5.41, 5.74) is 1.99. The number of hydrogen-bond acceptors (Lipinski definition) is 3. The molecule has 1 saturated heterocycles. The molecule has 1 aliphatic rings. The van der Waals surface area contributed by atoms with Gasteiger partial charge in [0.15, 0.2) is 0 Å². The zero-order valence-corrected chi connectivity index (χ0v) is 11.9. The van der Waals surface area contributed by atoms with E-state index in [1.165, 1.54) is 0 Å². The van der Waals surface area contributed by atoms with Crippen LogP contribution in [-0.2, 0) is 10.6 Å². The van der Waals surface area contributed by atoms with Gasteiger partial charge in [-0.05, 0) is 26.3 Å². The molecular weight excluding hydrogens is 250 g/mol. The SMILES string of the molecule is Cc1nc(OC2CC(C)OC(C)C2)ccc1CCl. The molecule has 0 amide bonds. The molecule has 1 aromatic heterocycles. The van der Waals surface area contributed by atoms with E-state index >= 15 is 0 Å². The molecule has 0 bridgehead atoms. The molecule has 0 aromatic carbocycles. The molecule has 2 heterocycles. The summed E-state index contributed by atoms with van der Waals surface area (Å²) in [6, 6.07) is 3.88. The van der Waals surface area contributed by atoms with E-state index in [1.807, 2.05) is 19.1 Å². The fourth-order valence-corrected chi connectivity index (χ4v) is 2.67. The molecule has 100 valence electrons. The van der Waals surface area contributed by atoms with Gasteiger partial charge in [0.1, 0.15) is 6.10 Å². The van der Waals surface area contributed by atoms with Crippen LogP contribution in [0.25, 0.3) is 0 Å². The lowest BCUT2D eigenvalue weighted by molar-refractivity contribution is -0.0729. The van der Waals surface area contributed by atoms with Crippen LogP contribution < -0.4 is 4.74 Å². The smallest absolute Gasteiger partial charge is 0.213 e. The van der Waals surface area contributed by atoms with Crippen molar-refractivity contribution in [2.24, 2.45) is 0 Å². The lowest BCUT2D eigenvalue weighted by Crippen LogP contribution is -2.35. The summed E-state index contributed by atoms with van der Waals surface area (Å²) in [5.74, 6) is 1.18. The van der Waals surface area contributed by atoms with E-state index in [-0.39, 0.29) is 18.3 Å². The Bertz CT molecular complexity index is 401. The van der Waals surface area contributed by atoms with E-state index < -0.39 is 0 Å². The maximum Gasteiger partial charge on any atom is 0.213 e. The molecule has 4 heteroatoms. The summed E-state index contributed by atoms with van der Waals surface area (Å²) in [6.45, 7) is 6.13. The maximum atomic E-state index is 5.94. The van der Waals surface area contributed by atoms with Crippen LogP contribution in [-0.4, -0.2) is 23.3 Å². The van der Waals surface area contributed by atoms with Crippen LogP contribution in [0.5, 0.6) is 5.88 Å². The molecule has 1 aliphatic heterocycles. The molecule has 2 unspecified atom stereocenters. The topological polar surface area (TPSA) is 31.4 Å². The first-order valence-electron chi connectivity index (χ1n) is 6.43. The fourth-order valence-electron chi connectivity index (χ4n) is 2.39. The zero-order chi connectivity index (χ0) is 13.1. The molecular formula is C14H20ClNO2. The van der Waals surface area contributed by atoms with Crippen molar-refractivity contribution in [1.82, 2.24) is 4.98 Å². The van der Waals surface area contributed by atoms with Gasteiger partial charge in [-0.1, -0.05) is 6.07 Å². The summed E-state index contributed by atoms with van der Waals surface area (Å²) in [4.78, 5) is 4.44. The quantitative estimate of drug-likeness (QED) is 0.788. The number of rotatable bonds is 3. The van der Waals surface area contributed by atoms with E-state index in [1.54, 1.807) is 0 Å². The highest BCUT2D eigenvalue weighted by Crippen LogP contribution is 2.24. The number of halogens is 1. The summed E-state index contributed by atoms with van der Waals surface area (Å²) in [5, 5.41) is 0. The maximum absolute atomic E-state index is 5.94. The highest BCUT2D eigenvalue weighted by atomic mass is 35.5. The standard InChI is InChI=1S/C14H20ClNO2/c1-9-6-13(7-10(2)17-9)18-14-5-4-12(8-15)11(3)16-14/h4-5,9-10,13H,6-8H2,1-3H3. The van der Waals surface area contributed by atoms with Crippen LogP contribution in [0.15, 0.2) is 12.1 Å². The second-order valence-electron chi connectivity index (χ2n) is 5.00. The minimum absolute atomic E-state index is 0.192. The highest BCUT2D eigenvalue weighted by molar-refractivity contribution is 6.17. The van der Waals surface area contributed by atoms with E-state index in [0.29, 0.717) is 11.8 Å². The van der Waals surface area contributed by atoms with Crippen LogP contribution in [0.2, 0.25) is 0 Å². The third kappa shape index (κ3) is 3.36.